The molecule has 6 nitrogen and oxygen atoms in total. The van der Waals surface area contributed by atoms with E-state index in [-0.39, 0.29) is 47.3 Å². The highest BCUT2D eigenvalue weighted by atomic mass is 35.5. The second-order valence-corrected chi connectivity index (χ2v) is 10.7. The summed E-state index contributed by atoms with van der Waals surface area (Å²) in [5, 5.41) is 10.2. The zero-order valence-electron chi connectivity index (χ0n) is 20.8. The van der Waals surface area contributed by atoms with Gasteiger partial charge >= 0.3 is 0 Å². The predicted octanol–water partition coefficient (Wildman–Crippen LogP) is 5.36. The van der Waals surface area contributed by atoms with Gasteiger partial charge in [-0.05, 0) is 78.3 Å². The summed E-state index contributed by atoms with van der Waals surface area (Å²) in [5.41, 5.74) is 5.18. The molecule has 5 rings (SSSR count). The number of fused-ring (bicyclic) bond motifs is 3. The van der Waals surface area contributed by atoms with Gasteiger partial charge in [0, 0.05) is 19.2 Å². The number of ether oxygens (including phenoxy) is 1. The molecule has 188 valence electrons. The number of carbonyl (C=O) groups is 2. The van der Waals surface area contributed by atoms with Gasteiger partial charge < -0.3 is 9.84 Å². The van der Waals surface area contributed by atoms with Crippen molar-refractivity contribution in [2.24, 2.45) is 23.7 Å². The lowest BCUT2D eigenvalue weighted by Gasteiger charge is -2.33. The topological polar surface area (TPSA) is 79.7 Å². The Kier molecular flexibility index (Phi) is 6.75. The monoisotopic (exact) mass is 506 g/mol. The molecule has 0 radical (unpaired) electrons. The third-order valence-corrected chi connectivity index (χ3v) is 8.17. The molecule has 36 heavy (non-hydrogen) atoms. The average Bonchev–Trinajstić information content (AvgIpc) is 3.38. The Balaban J connectivity index is 1.45. The van der Waals surface area contributed by atoms with E-state index in [1.807, 2.05) is 24.3 Å². The van der Waals surface area contributed by atoms with Crippen LogP contribution >= 0.6 is 11.6 Å². The van der Waals surface area contributed by atoms with Crippen molar-refractivity contribution in [1.82, 2.24) is 9.88 Å². The highest BCUT2D eigenvalue weighted by Crippen LogP contribution is 2.51. The van der Waals surface area contributed by atoms with Crippen LogP contribution in [0, 0.1) is 23.7 Å². The zero-order valence-corrected chi connectivity index (χ0v) is 21.5. The summed E-state index contributed by atoms with van der Waals surface area (Å²) in [4.78, 5) is 31.6. The van der Waals surface area contributed by atoms with Gasteiger partial charge in [-0.1, -0.05) is 37.1 Å². The van der Waals surface area contributed by atoms with Gasteiger partial charge in [0.05, 0.1) is 35.3 Å². The molecule has 2 fully saturated rings. The number of allylic oxidation sites excluding steroid dienone is 2. The van der Waals surface area contributed by atoms with E-state index in [0.29, 0.717) is 24.5 Å². The fourth-order valence-corrected chi connectivity index (χ4v) is 6.28. The molecule has 2 aliphatic heterocycles. The molecule has 0 unspecified atom stereocenters. The molecule has 4 atom stereocenters. The first-order chi connectivity index (χ1) is 17.3. The Bertz CT molecular complexity index is 1250. The van der Waals surface area contributed by atoms with Crippen LogP contribution in [-0.2, 0) is 14.3 Å². The molecule has 7 heteroatoms. The summed E-state index contributed by atoms with van der Waals surface area (Å²) >= 11 is 6.40. The highest BCUT2D eigenvalue weighted by Gasteiger charge is 2.56. The fraction of sp³-hybridized carbons (Fsp3) is 0.414. The van der Waals surface area contributed by atoms with Gasteiger partial charge in [-0.2, -0.15) is 0 Å². The summed E-state index contributed by atoms with van der Waals surface area (Å²) in [6.45, 7) is 4.79. The number of aromatic hydroxyl groups is 1. The summed E-state index contributed by atoms with van der Waals surface area (Å²) in [6.07, 6.45) is 5.74. The van der Waals surface area contributed by atoms with E-state index in [1.54, 1.807) is 25.4 Å². The van der Waals surface area contributed by atoms with Crippen LogP contribution in [0.5, 0.6) is 5.75 Å². The van der Waals surface area contributed by atoms with Gasteiger partial charge in [0.1, 0.15) is 5.75 Å². The third kappa shape index (κ3) is 4.37. The molecular formula is C29H31ClN2O4. The number of benzene rings is 1. The maximum absolute atomic E-state index is 13.0. The van der Waals surface area contributed by atoms with Crippen LogP contribution in [0.3, 0.4) is 0 Å². The molecule has 2 amide bonds. The number of phenolic OH excluding ortho intramolecular Hbond substituents is 1. The molecule has 0 saturated carbocycles. The quantitative estimate of drug-likeness (QED) is 0.421. The van der Waals surface area contributed by atoms with E-state index < -0.39 is 0 Å². The van der Waals surface area contributed by atoms with E-state index >= 15 is 0 Å². The number of hydrogen-bond acceptors (Lipinski definition) is 5. The van der Waals surface area contributed by atoms with Gasteiger partial charge in [0.15, 0.2) is 0 Å². The molecule has 3 heterocycles. The Morgan fingerprint density at radius 2 is 2.03 bits per heavy atom. The normalized spacial score (nSPS) is 26.1. The maximum Gasteiger partial charge on any atom is 0.233 e. The Morgan fingerprint density at radius 3 is 2.72 bits per heavy atom. The van der Waals surface area contributed by atoms with Gasteiger partial charge in [-0.25, -0.2) is 0 Å². The fourth-order valence-electron chi connectivity index (χ4n) is 6.05. The summed E-state index contributed by atoms with van der Waals surface area (Å²) in [5.74, 6) is -0.351. The second kappa shape index (κ2) is 9.83. The first-order valence-electron chi connectivity index (χ1n) is 12.5. The number of phenols is 1. The summed E-state index contributed by atoms with van der Waals surface area (Å²) in [7, 11) is 1.60. The molecule has 1 aliphatic carbocycles. The van der Waals surface area contributed by atoms with Crippen LogP contribution < -0.4 is 0 Å². The molecule has 3 aliphatic rings. The molecule has 2 aromatic rings. The van der Waals surface area contributed by atoms with Crippen LogP contribution in [0.4, 0.5) is 0 Å². The predicted molar refractivity (Wildman–Crippen MR) is 139 cm³/mol. The van der Waals surface area contributed by atoms with Crippen molar-refractivity contribution in [3.63, 3.8) is 0 Å². The van der Waals surface area contributed by atoms with E-state index in [2.05, 4.69) is 18.8 Å². The highest BCUT2D eigenvalue weighted by molar-refractivity contribution is 6.32. The zero-order chi connectivity index (χ0) is 25.6. The minimum absolute atomic E-state index is 0.0404. The van der Waals surface area contributed by atoms with Crippen molar-refractivity contribution in [3.8, 4) is 5.75 Å². The lowest BCUT2D eigenvalue weighted by Crippen LogP contribution is -2.34. The van der Waals surface area contributed by atoms with Crippen LogP contribution in [0.15, 0.2) is 53.7 Å². The molecule has 0 spiro atoms. The van der Waals surface area contributed by atoms with Crippen molar-refractivity contribution >= 4 is 35.1 Å². The lowest BCUT2D eigenvalue weighted by atomic mass is 9.67. The number of rotatable bonds is 6. The number of halogens is 1. The van der Waals surface area contributed by atoms with Gasteiger partial charge in [0.25, 0.3) is 0 Å². The van der Waals surface area contributed by atoms with Crippen molar-refractivity contribution in [2.45, 2.75) is 39.2 Å². The third-order valence-electron chi connectivity index (χ3n) is 7.84. The van der Waals surface area contributed by atoms with E-state index in [9.17, 15) is 14.7 Å². The molecule has 1 aromatic heterocycles. The molecule has 1 N–H and O–H groups in total. The number of hydrogen-bond donors (Lipinski definition) is 1. The van der Waals surface area contributed by atoms with E-state index in [0.717, 1.165) is 23.3 Å². The number of carbonyl (C=O) groups excluding carboxylic acids is 2. The van der Waals surface area contributed by atoms with Crippen LogP contribution in [-0.4, -0.2) is 46.6 Å². The summed E-state index contributed by atoms with van der Waals surface area (Å²) in [6, 6.07) is 10.8. The van der Waals surface area contributed by atoms with Crippen LogP contribution in [0.25, 0.3) is 11.6 Å². The minimum atomic E-state index is -0.313. The smallest absolute Gasteiger partial charge is 0.233 e. The lowest BCUT2D eigenvalue weighted by molar-refractivity contribution is -0.138. The second-order valence-electron chi connectivity index (χ2n) is 10.3. The van der Waals surface area contributed by atoms with Gasteiger partial charge in [-0.15, -0.1) is 0 Å². The molecular weight excluding hydrogens is 476 g/mol. The Hall–Kier alpha value is -2.96. The van der Waals surface area contributed by atoms with Crippen LogP contribution in [0.2, 0.25) is 5.02 Å². The van der Waals surface area contributed by atoms with Crippen molar-refractivity contribution in [1.29, 1.82) is 0 Å². The Morgan fingerprint density at radius 1 is 1.22 bits per heavy atom. The van der Waals surface area contributed by atoms with Crippen LogP contribution in [0.1, 0.15) is 44.4 Å². The molecule has 1 aromatic carbocycles. The number of nitrogens with zero attached hydrogens (tertiary/aromatic N) is 2. The first kappa shape index (κ1) is 24.7. The standard InChI is InChI=1S/C29H31ClN2O4/c1-16(2)20-14-21-27(29(35)32(3)28(21)34)22-15-36-25(26(20)22)10-8-18(24-6-4-5-11-31-24)12-17-7-9-19(33)13-23(17)30/h4-7,9,11-13,16,21-22,25,27,33H,8,10,14-15H2,1-3H3/b18-12-/t21-,22+,25-,27-/m1/s1. The Labute approximate surface area is 216 Å². The van der Waals surface area contributed by atoms with E-state index in [4.69, 9.17) is 16.3 Å². The van der Waals surface area contributed by atoms with E-state index in [1.165, 1.54) is 22.1 Å². The number of likely N-dealkylation sites (tertiary alicyclic amines) is 1. The van der Waals surface area contributed by atoms with Gasteiger partial charge in [0.2, 0.25) is 11.8 Å². The molecule has 0 bridgehead atoms. The van der Waals surface area contributed by atoms with Crippen molar-refractivity contribution in [3.05, 3.63) is 70.0 Å². The van der Waals surface area contributed by atoms with Crippen molar-refractivity contribution < 1.29 is 19.4 Å². The number of imide groups is 1. The SMILES string of the molecule is CC(C)C1=C2[C@@H](CC/C(=C/c3ccc(O)cc3Cl)c3ccccn3)OC[C@@H]2[C@@H]2C(=O)N(C)C(=O)[C@@H]2C1. The molecule has 2 saturated heterocycles. The number of aromatic nitrogens is 1. The van der Waals surface area contributed by atoms with Crippen molar-refractivity contribution in [2.75, 3.05) is 13.7 Å². The minimum Gasteiger partial charge on any atom is -0.508 e. The van der Waals surface area contributed by atoms with Gasteiger partial charge in [-0.3, -0.25) is 19.5 Å². The largest absolute Gasteiger partial charge is 0.508 e. The average molecular weight is 507 g/mol. The number of amides is 2. The number of pyridine rings is 1. The summed E-state index contributed by atoms with van der Waals surface area (Å²) < 4.78 is 6.34. The maximum atomic E-state index is 13.0. The first-order valence-corrected chi connectivity index (χ1v) is 12.9.